The van der Waals surface area contributed by atoms with Crippen LogP contribution in [0, 0.1) is 5.41 Å². The number of ketones is 2. The monoisotopic (exact) mass is 517 g/mol. The number of hydrogen-bond donors (Lipinski definition) is 1. The Morgan fingerprint density at radius 1 is 0.944 bits per heavy atom. The van der Waals surface area contributed by atoms with E-state index in [1.54, 1.807) is 30.3 Å². The van der Waals surface area contributed by atoms with Crippen molar-refractivity contribution in [2.24, 2.45) is 5.41 Å². The van der Waals surface area contributed by atoms with E-state index in [0.717, 1.165) is 5.69 Å². The number of Topliss-reactive ketones (excluding diaryl/α,β-unsaturated/α-hetero) is 2. The molecule has 2 aliphatic rings. The van der Waals surface area contributed by atoms with Gasteiger partial charge in [-0.05, 0) is 41.3 Å². The average Bonchev–Trinajstić information content (AvgIpc) is 2.85. The van der Waals surface area contributed by atoms with Crippen LogP contribution in [0.4, 0.5) is 5.69 Å². The van der Waals surface area contributed by atoms with E-state index in [2.05, 4.69) is 5.32 Å². The molecule has 0 saturated carbocycles. The molecule has 0 spiro atoms. The highest BCUT2D eigenvalue weighted by atomic mass is 35.5. The minimum Gasteiger partial charge on any atom is -0.444 e. The van der Waals surface area contributed by atoms with Crippen LogP contribution >= 0.6 is 23.2 Å². The Kier molecular flexibility index (Phi) is 6.50. The van der Waals surface area contributed by atoms with Crippen LogP contribution < -0.4 is 5.32 Å². The van der Waals surface area contributed by atoms with Crippen molar-refractivity contribution >= 4 is 40.5 Å². The second-order valence-corrected chi connectivity index (χ2v) is 10.8. The number of halogens is 2. The van der Waals surface area contributed by atoms with Gasteiger partial charge >= 0.3 is 0 Å². The average molecular weight is 518 g/mol. The van der Waals surface area contributed by atoms with Crippen molar-refractivity contribution < 1.29 is 14.3 Å². The predicted octanol–water partition coefficient (Wildman–Crippen LogP) is 7.96. The zero-order valence-corrected chi connectivity index (χ0v) is 21.5. The molecule has 0 aromatic heterocycles. The van der Waals surface area contributed by atoms with Gasteiger partial charge in [-0.2, -0.15) is 0 Å². The number of rotatable bonds is 5. The van der Waals surface area contributed by atoms with Crippen molar-refractivity contribution in [1.82, 2.24) is 0 Å². The number of allylic oxidation sites excluding steroid dienone is 3. The molecule has 36 heavy (non-hydrogen) atoms. The summed E-state index contributed by atoms with van der Waals surface area (Å²) in [4.78, 5) is 27.7. The predicted molar refractivity (Wildman–Crippen MR) is 143 cm³/mol. The molecule has 5 rings (SSSR count). The number of carbonyl (C=O) groups excluding carboxylic acids is 2. The van der Waals surface area contributed by atoms with Gasteiger partial charge in [-0.3, -0.25) is 9.59 Å². The summed E-state index contributed by atoms with van der Waals surface area (Å²) in [5, 5.41) is 4.20. The summed E-state index contributed by atoms with van der Waals surface area (Å²) in [7, 11) is 0. The first-order valence-corrected chi connectivity index (χ1v) is 12.5. The van der Waals surface area contributed by atoms with E-state index in [1.807, 2.05) is 62.4 Å². The summed E-state index contributed by atoms with van der Waals surface area (Å²) in [6, 6.07) is 23.6. The molecule has 4 nitrogen and oxygen atoms in total. The van der Waals surface area contributed by atoms with E-state index in [4.69, 9.17) is 27.9 Å². The number of nitrogens with one attached hydrogen (secondary N) is 1. The molecular formula is C30H25Cl2NO3. The van der Waals surface area contributed by atoms with Gasteiger partial charge in [0.2, 0.25) is 5.88 Å². The molecule has 0 unspecified atom stereocenters. The van der Waals surface area contributed by atoms with Gasteiger partial charge in [-0.25, -0.2) is 0 Å². The summed E-state index contributed by atoms with van der Waals surface area (Å²) in [5.74, 6) is -0.193. The molecule has 182 valence electrons. The normalized spacial score (nSPS) is 19.0. The highest BCUT2D eigenvalue weighted by molar-refractivity contribution is 6.34. The Balaban J connectivity index is 1.77. The minimum absolute atomic E-state index is 0.0561. The fourth-order valence-electron chi connectivity index (χ4n) is 4.92. The lowest BCUT2D eigenvalue weighted by atomic mass is 9.69. The molecule has 0 amide bonds. The Bertz CT molecular complexity index is 1410. The van der Waals surface area contributed by atoms with Crippen molar-refractivity contribution in [3.63, 3.8) is 0 Å². The van der Waals surface area contributed by atoms with Gasteiger partial charge in [0.05, 0.1) is 11.5 Å². The number of hydrogen-bond acceptors (Lipinski definition) is 4. The molecule has 1 heterocycles. The highest BCUT2D eigenvalue weighted by Gasteiger charge is 2.45. The second kappa shape index (κ2) is 9.61. The van der Waals surface area contributed by atoms with Crippen molar-refractivity contribution in [3.8, 4) is 0 Å². The van der Waals surface area contributed by atoms with Crippen molar-refractivity contribution in [2.75, 3.05) is 5.32 Å². The number of para-hydroxylation sites is 1. The zero-order valence-electron chi connectivity index (χ0n) is 20.0. The van der Waals surface area contributed by atoms with Gasteiger partial charge in [-0.15, -0.1) is 0 Å². The maximum Gasteiger partial charge on any atom is 0.205 e. The number of anilines is 1. The third-order valence-electron chi connectivity index (χ3n) is 6.51. The first-order chi connectivity index (χ1) is 17.2. The molecule has 0 saturated heterocycles. The van der Waals surface area contributed by atoms with Crippen LogP contribution in [0.25, 0.3) is 0 Å². The molecule has 1 aliphatic carbocycles. The summed E-state index contributed by atoms with van der Waals surface area (Å²) in [6.07, 6.45) is 0.896. The van der Waals surface area contributed by atoms with Crippen molar-refractivity contribution in [1.29, 1.82) is 0 Å². The molecular weight excluding hydrogens is 493 g/mol. The van der Waals surface area contributed by atoms with Gasteiger partial charge in [-0.1, -0.05) is 85.6 Å². The summed E-state index contributed by atoms with van der Waals surface area (Å²) >= 11 is 13.1. The van der Waals surface area contributed by atoms with Crippen LogP contribution in [0.15, 0.2) is 102 Å². The third-order valence-corrected chi connectivity index (χ3v) is 7.09. The number of benzene rings is 3. The topological polar surface area (TPSA) is 55.4 Å². The Morgan fingerprint density at radius 3 is 2.31 bits per heavy atom. The minimum atomic E-state index is -0.734. The van der Waals surface area contributed by atoms with Crippen LogP contribution in [-0.2, 0) is 9.53 Å². The van der Waals surface area contributed by atoms with Crippen LogP contribution in [0.1, 0.15) is 48.5 Å². The fourth-order valence-corrected chi connectivity index (χ4v) is 5.32. The molecule has 6 heteroatoms. The highest BCUT2D eigenvalue weighted by Crippen LogP contribution is 2.51. The number of ether oxygens (including phenoxy) is 1. The van der Waals surface area contributed by atoms with E-state index >= 15 is 0 Å². The summed E-state index contributed by atoms with van der Waals surface area (Å²) < 4.78 is 6.41. The maximum absolute atomic E-state index is 14.1. The van der Waals surface area contributed by atoms with Gasteiger partial charge in [0.15, 0.2) is 11.6 Å². The van der Waals surface area contributed by atoms with E-state index < -0.39 is 5.92 Å². The van der Waals surface area contributed by atoms with Crippen molar-refractivity contribution in [2.45, 2.75) is 32.6 Å². The molecule has 1 aliphatic heterocycles. The first-order valence-electron chi connectivity index (χ1n) is 11.8. The molecule has 0 fully saturated rings. The molecule has 3 aromatic carbocycles. The Labute approximate surface area is 220 Å². The lowest BCUT2D eigenvalue weighted by molar-refractivity contribution is -0.119. The molecule has 0 bridgehead atoms. The Hall–Kier alpha value is -3.34. The summed E-state index contributed by atoms with van der Waals surface area (Å²) in [6.45, 7) is 4.08. The molecule has 3 aromatic rings. The van der Waals surface area contributed by atoms with Crippen molar-refractivity contribution in [3.05, 3.63) is 123 Å². The van der Waals surface area contributed by atoms with E-state index in [0.29, 0.717) is 56.8 Å². The quantitative estimate of drug-likeness (QED) is 0.348. The molecule has 0 radical (unpaired) electrons. The smallest absolute Gasteiger partial charge is 0.205 e. The van der Waals surface area contributed by atoms with E-state index in [-0.39, 0.29) is 17.0 Å². The largest absolute Gasteiger partial charge is 0.444 e. The molecule has 1 N–H and O–H groups in total. The van der Waals surface area contributed by atoms with Gasteiger partial charge in [0.25, 0.3) is 0 Å². The third kappa shape index (κ3) is 4.71. The van der Waals surface area contributed by atoms with Crippen LogP contribution in [-0.4, -0.2) is 11.6 Å². The fraction of sp³-hybridized carbons (Fsp3) is 0.200. The number of carbonyl (C=O) groups is 2. The second-order valence-electron chi connectivity index (χ2n) is 9.91. The van der Waals surface area contributed by atoms with Crippen LogP contribution in [0.3, 0.4) is 0 Å². The van der Waals surface area contributed by atoms with E-state index in [9.17, 15) is 9.59 Å². The Morgan fingerprint density at radius 2 is 1.61 bits per heavy atom. The lowest BCUT2D eigenvalue weighted by Gasteiger charge is -2.39. The molecule has 1 atom stereocenters. The van der Waals surface area contributed by atoms with Gasteiger partial charge in [0.1, 0.15) is 5.76 Å². The zero-order chi connectivity index (χ0) is 25.4. The standard InChI is InChI=1S/C30H25Cl2NO3/c1-30(2)16-23(34)26-24(17-30)36-29(33-20-11-7-4-8-12-20)27(28(35)18-9-5-3-6-10-18)25(26)21-15-19(31)13-14-22(21)32/h3-15,25,33H,16-17H2,1-2H3/t25-/m1/s1. The van der Waals surface area contributed by atoms with Crippen LogP contribution in [0.5, 0.6) is 0 Å². The maximum atomic E-state index is 14.1. The SMILES string of the molecule is CC1(C)CC(=O)C2=C(C1)OC(Nc1ccccc1)=C(C(=O)c1ccccc1)[C@@H]2c1cc(Cl)ccc1Cl. The van der Waals surface area contributed by atoms with Crippen LogP contribution in [0.2, 0.25) is 10.0 Å². The van der Waals surface area contributed by atoms with E-state index in [1.165, 1.54) is 0 Å². The van der Waals surface area contributed by atoms with Gasteiger partial charge < -0.3 is 10.1 Å². The lowest BCUT2D eigenvalue weighted by Crippen LogP contribution is -2.35. The first kappa shape index (κ1) is 24.4. The summed E-state index contributed by atoms with van der Waals surface area (Å²) in [5.41, 5.74) is 2.35. The van der Waals surface area contributed by atoms with Gasteiger partial charge in [0, 0.05) is 39.7 Å².